The summed E-state index contributed by atoms with van der Waals surface area (Å²) in [6.07, 6.45) is 0.703. The van der Waals surface area contributed by atoms with Gasteiger partial charge in [-0.25, -0.2) is 4.98 Å². The highest BCUT2D eigenvalue weighted by atomic mass is 16.4. The Morgan fingerprint density at radius 1 is 1.19 bits per heavy atom. The largest absolute Gasteiger partial charge is 0.462 e. The lowest BCUT2D eigenvalue weighted by molar-refractivity contribution is 0.206. The molecule has 1 aliphatic heterocycles. The van der Waals surface area contributed by atoms with Gasteiger partial charge in [0.2, 0.25) is 0 Å². The highest BCUT2D eigenvalue weighted by Gasteiger charge is 2.22. The van der Waals surface area contributed by atoms with Crippen LogP contribution in [0.4, 0.5) is 5.69 Å². The van der Waals surface area contributed by atoms with E-state index in [0.29, 0.717) is 42.3 Å². The first-order chi connectivity index (χ1) is 12.6. The van der Waals surface area contributed by atoms with Gasteiger partial charge in [0, 0.05) is 30.8 Å². The smallest absolute Gasteiger partial charge is 0.255 e. The number of hydrogen-bond donors (Lipinski definition) is 3. The van der Waals surface area contributed by atoms with E-state index < -0.39 is 0 Å². The van der Waals surface area contributed by atoms with Gasteiger partial charge >= 0.3 is 0 Å². The molecule has 3 aromatic rings. The van der Waals surface area contributed by atoms with Crippen LogP contribution in [0.1, 0.15) is 22.8 Å². The van der Waals surface area contributed by atoms with Gasteiger partial charge in [-0.2, -0.15) is 0 Å². The van der Waals surface area contributed by atoms with Crippen molar-refractivity contribution in [2.24, 2.45) is 0 Å². The number of aromatic amines is 1. The summed E-state index contributed by atoms with van der Waals surface area (Å²) in [7, 11) is 0. The van der Waals surface area contributed by atoms with Crippen molar-refractivity contribution in [3.05, 3.63) is 69.5 Å². The Bertz CT molecular complexity index is 975. The fourth-order valence-electron chi connectivity index (χ4n) is 3.21. The number of hydrogen-bond acceptors (Lipinski definition) is 6. The zero-order valence-electron chi connectivity index (χ0n) is 14.2. The summed E-state index contributed by atoms with van der Waals surface area (Å²) in [5, 5.41) is 9.09. The van der Waals surface area contributed by atoms with Crippen molar-refractivity contribution in [3.8, 4) is 11.4 Å². The van der Waals surface area contributed by atoms with Crippen molar-refractivity contribution >= 4 is 5.69 Å². The molecule has 0 amide bonds. The van der Waals surface area contributed by atoms with Gasteiger partial charge in [-0.15, -0.1) is 0 Å². The highest BCUT2D eigenvalue weighted by Crippen LogP contribution is 2.21. The minimum Gasteiger partial charge on any atom is -0.462 e. The Kier molecular flexibility index (Phi) is 4.32. The van der Waals surface area contributed by atoms with E-state index >= 15 is 0 Å². The van der Waals surface area contributed by atoms with E-state index in [4.69, 9.17) is 15.3 Å². The van der Waals surface area contributed by atoms with Crippen molar-refractivity contribution in [1.82, 2.24) is 14.9 Å². The molecule has 0 unspecified atom stereocenters. The molecule has 1 aliphatic rings. The first-order valence-corrected chi connectivity index (χ1v) is 8.51. The third-order valence-electron chi connectivity index (χ3n) is 4.58. The van der Waals surface area contributed by atoms with Gasteiger partial charge in [-0.3, -0.25) is 9.69 Å². The molecule has 26 heavy (non-hydrogen) atoms. The molecule has 0 saturated heterocycles. The third-order valence-corrected chi connectivity index (χ3v) is 4.58. The van der Waals surface area contributed by atoms with E-state index in [1.54, 1.807) is 18.2 Å². The zero-order chi connectivity index (χ0) is 18.1. The number of anilines is 1. The monoisotopic (exact) mass is 352 g/mol. The number of rotatable bonds is 4. The number of fused-ring (bicyclic) bond motifs is 1. The van der Waals surface area contributed by atoms with Gasteiger partial charge in [0.1, 0.15) is 24.0 Å². The van der Waals surface area contributed by atoms with E-state index in [-0.39, 0.29) is 12.2 Å². The number of nitrogens with one attached hydrogen (secondary N) is 1. The Balaban J connectivity index is 1.56. The van der Waals surface area contributed by atoms with Gasteiger partial charge in [0.05, 0.1) is 17.8 Å². The minimum absolute atomic E-state index is 0.109. The van der Waals surface area contributed by atoms with Crippen LogP contribution in [0.5, 0.6) is 0 Å². The van der Waals surface area contributed by atoms with E-state index in [1.165, 1.54) is 0 Å². The summed E-state index contributed by atoms with van der Waals surface area (Å²) in [5.41, 5.74) is 8.66. The molecule has 0 radical (unpaired) electrons. The van der Waals surface area contributed by atoms with Crippen LogP contribution in [0.25, 0.3) is 11.4 Å². The van der Waals surface area contributed by atoms with E-state index in [9.17, 15) is 4.79 Å². The number of aliphatic hydroxyl groups excluding tert-OH is 1. The molecule has 134 valence electrons. The first kappa shape index (κ1) is 16.6. The molecule has 7 nitrogen and oxygen atoms in total. The van der Waals surface area contributed by atoms with E-state index in [2.05, 4.69) is 14.9 Å². The number of aliphatic hydroxyl groups is 1. The van der Waals surface area contributed by atoms with Crippen LogP contribution in [0, 0.1) is 0 Å². The van der Waals surface area contributed by atoms with E-state index in [1.807, 2.05) is 18.2 Å². The molecule has 0 saturated carbocycles. The highest BCUT2D eigenvalue weighted by molar-refractivity contribution is 5.58. The normalized spacial score (nSPS) is 14.3. The molecule has 3 heterocycles. The molecule has 0 aliphatic carbocycles. The Hall–Kier alpha value is -2.90. The van der Waals surface area contributed by atoms with Crippen LogP contribution < -0.4 is 11.3 Å². The van der Waals surface area contributed by atoms with Crippen molar-refractivity contribution in [2.45, 2.75) is 26.1 Å². The Morgan fingerprint density at radius 3 is 2.69 bits per heavy atom. The van der Waals surface area contributed by atoms with E-state index in [0.717, 1.165) is 23.6 Å². The first-order valence-electron chi connectivity index (χ1n) is 8.51. The predicted octanol–water partition coefficient (Wildman–Crippen LogP) is 1.66. The van der Waals surface area contributed by atoms with Crippen molar-refractivity contribution in [2.75, 3.05) is 12.3 Å². The fraction of sp³-hybridized carbons (Fsp3) is 0.263. The van der Waals surface area contributed by atoms with Crippen LogP contribution in [0.2, 0.25) is 0 Å². The maximum atomic E-state index is 12.6. The molecular weight excluding hydrogens is 332 g/mol. The van der Waals surface area contributed by atoms with Crippen molar-refractivity contribution < 1.29 is 9.52 Å². The SMILES string of the molecule is Nc1ccc(-c2nc3c(c(=O)[nH]2)CN(Cc2ccc(CO)o2)CC3)cc1. The number of aromatic nitrogens is 2. The average Bonchev–Trinajstić information content (AvgIpc) is 3.10. The minimum atomic E-state index is -0.111. The fourth-order valence-corrected chi connectivity index (χ4v) is 3.21. The number of nitrogen functional groups attached to an aromatic ring is 1. The summed E-state index contributed by atoms with van der Waals surface area (Å²) < 4.78 is 5.54. The van der Waals surface area contributed by atoms with Crippen molar-refractivity contribution in [1.29, 1.82) is 0 Å². The van der Waals surface area contributed by atoms with Gasteiger partial charge < -0.3 is 20.2 Å². The summed E-state index contributed by atoms with van der Waals surface area (Å²) in [6, 6.07) is 10.9. The number of nitrogens with zero attached hydrogens (tertiary/aromatic N) is 2. The number of furan rings is 1. The molecule has 0 atom stereocenters. The van der Waals surface area contributed by atoms with Crippen molar-refractivity contribution in [3.63, 3.8) is 0 Å². The topological polar surface area (TPSA) is 108 Å². The molecular formula is C19H20N4O3. The average molecular weight is 352 g/mol. The molecule has 4 rings (SSSR count). The van der Waals surface area contributed by atoms with Gasteiger partial charge in [-0.1, -0.05) is 0 Å². The van der Waals surface area contributed by atoms with Crippen LogP contribution in [-0.2, 0) is 26.1 Å². The second-order valence-corrected chi connectivity index (χ2v) is 6.45. The summed E-state index contributed by atoms with van der Waals surface area (Å²) >= 11 is 0. The second kappa shape index (κ2) is 6.78. The number of benzene rings is 1. The molecule has 0 bridgehead atoms. The van der Waals surface area contributed by atoms with Gasteiger partial charge in [-0.05, 0) is 36.4 Å². The van der Waals surface area contributed by atoms with Crippen LogP contribution in [0.3, 0.4) is 0 Å². The summed E-state index contributed by atoms with van der Waals surface area (Å²) in [5.74, 6) is 1.89. The number of H-pyrrole nitrogens is 1. The maximum Gasteiger partial charge on any atom is 0.255 e. The second-order valence-electron chi connectivity index (χ2n) is 6.45. The lowest BCUT2D eigenvalue weighted by atomic mass is 10.1. The van der Waals surface area contributed by atoms with Crippen LogP contribution in [0.15, 0.2) is 45.6 Å². The molecule has 1 aromatic carbocycles. The van der Waals surface area contributed by atoms with Gasteiger partial charge in [0.25, 0.3) is 5.56 Å². The Morgan fingerprint density at radius 2 is 1.96 bits per heavy atom. The lowest BCUT2D eigenvalue weighted by Gasteiger charge is -2.26. The molecule has 0 spiro atoms. The number of nitrogens with two attached hydrogens (primary N) is 1. The molecule has 2 aromatic heterocycles. The van der Waals surface area contributed by atoms with Crippen LogP contribution >= 0.6 is 0 Å². The third kappa shape index (κ3) is 3.26. The zero-order valence-corrected chi connectivity index (χ0v) is 14.2. The maximum absolute atomic E-state index is 12.6. The molecule has 4 N–H and O–H groups in total. The molecule has 7 heteroatoms. The van der Waals surface area contributed by atoms with Gasteiger partial charge in [0.15, 0.2) is 0 Å². The quantitative estimate of drug-likeness (QED) is 0.616. The Labute approximate surface area is 150 Å². The predicted molar refractivity (Wildman–Crippen MR) is 97.2 cm³/mol. The standard InChI is InChI=1S/C19H20N4O3/c20-13-3-1-12(2-4-13)18-21-17-7-8-23(10-16(17)19(25)22-18)9-14-5-6-15(11-24)26-14/h1-6,24H,7-11,20H2,(H,21,22,25). The van der Waals surface area contributed by atoms with Crippen LogP contribution in [-0.4, -0.2) is 26.5 Å². The summed E-state index contributed by atoms with van der Waals surface area (Å²) in [6.45, 7) is 1.80. The lowest BCUT2D eigenvalue weighted by Crippen LogP contribution is -2.35. The molecule has 0 fully saturated rings. The summed E-state index contributed by atoms with van der Waals surface area (Å²) in [4.78, 5) is 22.2.